The molecule has 0 aromatic carbocycles. The van der Waals surface area contributed by atoms with Crippen LogP contribution < -0.4 is 5.32 Å². The lowest BCUT2D eigenvalue weighted by molar-refractivity contribution is 0.278. The zero-order chi connectivity index (χ0) is 14.7. The molecule has 2 heterocycles. The Morgan fingerprint density at radius 1 is 1.19 bits per heavy atom. The van der Waals surface area contributed by atoms with E-state index in [1.807, 2.05) is 24.5 Å². The molecule has 3 rings (SSSR count). The van der Waals surface area contributed by atoms with Crippen LogP contribution in [-0.2, 0) is 0 Å². The van der Waals surface area contributed by atoms with E-state index in [1.165, 1.54) is 32.1 Å². The normalized spacial score (nSPS) is 22.4. The fourth-order valence-corrected chi connectivity index (χ4v) is 3.57. The van der Waals surface area contributed by atoms with Crippen LogP contribution in [0.1, 0.15) is 39.0 Å². The number of hydrogen-bond acceptors (Lipinski definition) is 3. The molecule has 2 aromatic heterocycles. The molecule has 0 spiro atoms. The Labute approximate surface area is 134 Å². The molecule has 2 aromatic rings. The van der Waals surface area contributed by atoms with Crippen molar-refractivity contribution >= 4 is 32.7 Å². The summed E-state index contributed by atoms with van der Waals surface area (Å²) in [7, 11) is 0. The van der Waals surface area contributed by atoms with Crippen molar-refractivity contribution in [2.24, 2.45) is 11.8 Å². The average molecular weight is 348 g/mol. The fourth-order valence-electron chi connectivity index (χ4n) is 3.25. The van der Waals surface area contributed by atoms with Crippen molar-refractivity contribution in [3.63, 3.8) is 0 Å². The molecule has 4 heteroatoms. The minimum Gasteiger partial charge on any atom is -0.383 e. The lowest BCUT2D eigenvalue weighted by Crippen LogP contribution is -2.21. The van der Waals surface area contributed by atoms with Crippen LogP contribution in [0.2, 0.25) is 0 Å². The van der Waals surface area contributed by atoms with Gasteiger partial charge in [-0.05, 0) is 52.7 Å². The molecule has 3 nitrogen and oxygen atoms in total. The molecule has 21 heavy (non-hydrogen) atoms. The number of nitrogens with zero attached hydrogens (tertiary/aromatic N) is 2. The number of aromatic nitrogens is 2. The number of nitrogens with one attached hydrogen (secondary N) is 1. The van der Waals surface area contributed by atoms with Gasteiger partial charge in [0.05, 0.1) is 11.2 Å². The van der Waals surface area contributed by atoms with Crippen molar-refractivity contribution in [1.29, 1.82) is 0 Å². The van der Waals surface area contributed by atoms with Crippen molar-refractivity contribution in [3.05, 3.63) is 29.0 Å². The zero-order valence-corrected chi connectivity index (χ0v) is 14.1. The van der Waals surface area contributed by atoms with E-state index in [9.17, 15) is 0 Å². The van der Waals surface area contributed by atoms with Gasteiger partial charge in [-0.3, -0.25) is 9.97 Å². The van der Waals surface area contributed by atoms with Crippen molar-refractivity contribution in [3.8, 4) is 0 Å². The van der Waals surface area contributed by atoms with Gasteiger partial charge in [0.15, 0.2) is 0 Å². The summed E-state index contributed by atoms with van der Waals surface area (Å²) < 4.78 is 0.970. The molecular weight excluding hydrogens is 326 g/mol. The topological polar surface area (TPSA) is 37.8 Å². The third kappa shape index (κ3) is 3.54. The van der Waals surface area contributed by atoms with E-state index in [0.717, 1.165) is 39.6 Å². The summed E-state index contributed by atoms with van der Waals surface area (Å²) in [5.41, 5.74) is 3.00. The van der Waals surface area contributed by atoms with Gasteiger partial charge in [-0.1, -0.05) is 26.2 Å². The Balaban J connectivity index is 1.66. The second-order valence-electron chi connectivity index (χ2n) is 6.06. The Morgan fingerprint density at radius 3 is 2.71 bits per heavy atom. The molecular formula is C17H22BrN3. The van der Waals surface area contributed by atoms with Crippen LogP contribution in [0.4, 0.5) is 5.69 Å². The lowest BCUT2D eigenvalue weighted by Gasteiger charge is -2.28. The Hall–Kier alpha value is -1.16. The summed E-state index contributed by atoms with van der Waals surface area (Å²) in [6.07, 6.45) is 10.5. The van der Waals surface area contributed by atoms with Crippen LogP contribution in [0.5, 0.6) is 0 Å². The van der Waals surface area contributed by atoms with Gasteiger partial charge in [0.1, 0.15) is 5.52 Å². The first-order valence-corrected chi connectivity index (χ1v) is 8.69. The standard InChI is InChI=1S/C17H22BrN3/c1-2-12-3-5-13(6-4-12)10-20-15-7-8-19-16-9-14(18)11-21-17(15)16/h7-9,11-13H,2-6,10H2,1H3,(H,19,20). The Kier molecular flexibility index (Phi) is 4.73. The quantitative estimate of drug-likeness (QED) is 0.843. The highest BCUT2D eigenvalue weighted by Crippen LogP contribution is 2.31. The smallest absolute Gasteiger partial charge is 0.112 e. The molecule has 112 valence electrons. The molecule has 1 aliphatic rings. The van der Waals surface area contributed by atoms with Gasteiger partial charge in [-0.2, -0.15) is 0 Å². The van der Waals surface area contributed by atoms with E-state index in [-0.39, 0.29) is 0 Å². The third-order valence-corrected chi connectivity index (χ3v) is 5.10. The summed E-state index contributed by atoms with van der Waals surface area (Å²) >= 11 is 3.45. The van der Waals surface area contributed by atoms with Crippen LogP contribution >= 0.6 is 15.9 Å². The largest absolute Gasteiger partial charge is 0.383 e. The summed E-state index contributed by atoms with van der Waals surface area (Å²) in [5, 5.41) is 3.59. The Morgan fingerprint density at radius 2 is 1.95 bits per heavy atom. The zero-order valence-electron chi connectivity index (χ0n) is 12.5. The number of pyridine rings is 2. The van der Waals surface area contributed by atoms with Crippen LogP contribution in [0.3, 0.4) is 0 Å². The lowest BCUT2D eigenvalue weighted by atomic mass is 9.81. The van der Waals surface area contributed by atoms with Gasteiger partial charge in [-0.25, -0.2) is 0 Å². The molecule has 0 atom stereocenters. The van der Waals surface area contributed by atoms with Crippen molar-refractivity contribution in [1.82, 2.24) is 9.97 Å². The van der Waals surface area contributed by atoms with Crippen molar-refractivity contribution in [2.45, 2.75) is 39.0 Å². The number of anilines is 1. The fraction of sp³-hybridized carbons (Fsp3) is 0.529. The van der Waals surface area contributed by atoms with Crippen LogP contribution in [0.25, 0.3) is 11.0 Å². The maximum Gasteiger partial charge on any atom is 0.112 e. The highest BCUT2D eigenvalue weighted by molar-refractivity contribution is 9.10. The molecule has 0 amide bonds. The van der Waals surface area contributed by atoms with Gasteiger partial charge in [0.2, 0.25) is 0 Å². The van der Waals surface area contributed by atoms with E-state index in [2.05, 4.69) is 38.1 Å². The first-order chi connectivity index (χ1) is 10.3. The van der Waals surface area contributed by atoms with Crippen LogP contribution in [0.15, 0.2) is 29.0 Å². The molecule has 0 radical (unpaired) electrons. The third-order valence-electron chi connectivity index (χ3n) is 4.67. The van der Waals surface area contributed by atoms with Crippen LogP contribution in [0, 0.1) is 11.8 Å². The van der Waals surface area contributed by atoms with Gasteiger partial charge in [0.25, 0.3) is 0 Å². The van der Waals surface area contributed by atoms with E-state index in [4.69, 9.17) is 0 Å². The summed E-state index contributed by atoms with van der Waals surface area (Å²) in [6, 6.07) is 4.04. The van der Waals surface area contributed by atoms with Gasteiger partial charge in [0, 0.05) is 23.4 Å². The number of halogens is 1. The first-order valence-electron chi connectivity index (χ1n) is 7.90. The summed E-state index contributed by atoms with van der Waals surface area (Å²) in [6.45, 7) is 3.36. The number of hydrogen-bond donors (Lipinski definition) is 1. The average Bonchev–Trinajstić information content (AvgIpc) is 2.53. The first kappa shape index (κ1) is 14.8. The van der Waals surface area contributed by atoms with Gasteiger partial charge < -0.3 is 5.32 Å². The van der Waals surface area contributed by atoms with Crippen molar-refractivity contribution in [2.75, 3.05) is 11.9 Å². The number of rotatable bonds is 4. The van der Waals surface area contributed by atoms with Gasteiger partial charge >= 0.3 is 0 Å². The SMILES string of the molecule is CCC1CCC(CNc2ccnc3cc(Br)cnc23)CC1. The highest BCUT2D eigenvalue weighted by atomic mass is 79.9. The predicted octanol–water partition coefficient (Wildman–Crippen LogP) is 5.02. The van der Waals surface area contributed by atoms with E-state index >= 15 is 0 Å². The maximum atomic E-state index is 4.50. The molecule has 0 unspecified atom stereocenters. The molecule has 0 bridgehead atoms. The summed E-state index contributed by atoms with van der Waals surface area (Å²) in [5.74, 6) is 1.76. The van der Waals surface area contributed by atoms with E-state index in [1.54, 1.807) is 0 Å². The molecule has 1 N–H and O–H groups in total. The second kappa shape index (κ2) is 6.73. The van der Waals surface area contributed by atoms with Gasteiger partial charge in [-0.15, -0.1) is 0 Å². The van der Waals surface area contributed by atoms with E-state index in [0.29, 0.717) is 0 Å². The molecule has 1 fully saturated rings. The second-order valence-corrected chi connectivity index (χ2v) is 6.97. The summed E-state index contributed by atoms with van der Waals surface area (Å²) in [4.78, 5) is 8.88. The Bertz CT molecular complexity index is 606. The monoisotopic (exact) mass is 347 g/mol. The predicted molar refractivity (Wildman–Crippen MR) is 91.5 cm³/mol. The molecule has 0 aliphatic heterocycles. The number of fused-ring (bicyclic) bond motifs is 1. The minimum absolute atomic E-state index is 0.798. The minimum atomic E-state index is 0.798. The molecule has 1 saturated carbocycles. The van der Waals surface area contributed by atoms with Crippen molar-refractivity contribution < 1.29 is 0 Å². The highest BCUT2D eigenvalue weighted by Gasteiger charge is 2.19. The molecule has 1 aliphatic carbocycles. The van der Waals surface area contributed by atoms with Crippen LogP contribution in [-0.4, -0.2) is 16.5 Å². The molecule has 0 saturated heterocycles. The van der Waals surface area contributed by atoms with E-state index < -0.39 is 0 Å². The maximum absolute atomic E-state index is 4.50.